The number of esters is 1. The highest BCUT2D eigenvalue weighted by Gasteiger charge is 2.25. The van der Waals surface area contributed by atoms with Crippen LogP contribution < -0.4 is 5.32 Å². The minimum Gasteiger partial charge on any atom is -0.464 e. The summed E-state index contributed by atoms with van der Waals surface area (Å²) in [5.74, 6) is 0.728. The number of nitrogens with one attached hydrogen (secondary N) is 1. The molecular formula is C13H25NO4. The smallest absolute Gasteiger partial charge is 0.332 e. The molecule has 0 amide bonds. The number of carbonyl (C=O) groups excluding carboxylic acids is 1. The van der Waals surface area contributed by atoms with Gasteiger partial charge in [0.2, 0.25) is 0 Å². The predicted molar refractivity (Wildman–Crippen MR) is 68.2 cm³/mol. The molecule has 0 aromatic carbocycles. The van der Waals surface area contributed by atoms with Gasteiger partial charge in [0, 0.05) is 13.2 Å². The van der Waals surface area contributed by atoms with Crippen molar-refractivity contribution in [3.05, 3.63) is 0 Å². The molecule has 1 saturated carbocycles. The van der Waals surface area contributed by atoms with Crippen LogP contribution in [0.5, 0.6) is 0 Å². The number of aliphatic hydroxyl groups is 1. The Morgan fingerprint density at radius 2 is 2.17 bits per heavy atom. The molecule has 2 unspecified atom stereocenters. The lowest BCUT2D eigenvalue weighted by atomic mass is 9.97. The first kappa shape index (κ1) is 15.4. The van der Waals surface area contributed by atoms with Gasteiger partial charge in [0.15, 0.2) is 0 Å². The van der Waals surface area contributed by atoms with Crippen LogP contribution >= 0.6 is 0 Å². The number of hydrogen-bond donors (Lipinski definition) is 2. The minimum absolute atomic E-state index is 0.0260. The van der Waals surface area contributed by atoms with E-state index in [2.05, 4.69) is 5.32 Å². The molecule has 1 rings (SSSR count). The monoisotopic (exact) mass is 259 g/mol. The topological polar surface area (TPSA) is 67.8 Å². The molecular weight excluding hydrogens is 234 g/mol. The molecule has 0 spiro atoms. The zero-order valence-corrected chi connectivity index (χ0v) is 11.2. The molecule has 0 aliphatic heterocycles. The van der Waals surface area contributed by atoms with Gasteiger partial charge in [-0.05, 0) is 38.1 Å². The molecule has 0 radical (unpaired) electrons. The van der Waals surface area contributed by atoms with E-state index in [0.29, 0.717) is 31.7 Å². The number of ether oxygens (including phenoxy) is 2. The van der Waals surface area contributed by atoms with Gasteiger partial charge in [-0.3, -0.25) is 0 Å². The molecule has 0 aromatic heterocycles. The summed E-state index contributed by atoms with van der Waals surface area (Å²) in [5, 5.41) is 12.5. The summed E-state index contributed by atoms with van der Waals surface area (Å²) in [4.78, 5) is 11.0. The van der Waals surface area contributed by atoms with E-state index in [9.17, 15) is 9.90 Å². The van der Waals surface area contributed by atoms with Gasteiger partial charge in [-0.2, -0.15) is 0 Å². The second-order valence-corrected chi connectivity index (χ2v) is 4.70. The van der Waals surface area contributed by atoms with Gasteiger partial charge < -0.3 is 19.9 Å². The van der Waals surface area contributed by atoms with Crippen molar-refractivity contribution in [3.63, 3.8) is 0 Å². The average molecular weight is 259 g/mol. The molecule has 2 N–H and O–H groups in total. The van der Waals surface area contributed by atoms with Crippen LogP contribution in [0, 0.1) is 11.8 Å². The molecule has 5 nitrogen and oxygen atoms in total. The molecule has 0 bridgehead atoms. The summed E-state index contributed by atoms with van der Waals surface area (Å²) in [6.07, 6.45) is 3.56. The molecule has 2 atom stereocenters. The van der Waals surface area contributed by atoms with E-state index < -0.39 is 0 Å². The van der Waals surface area contributed by atoms with Gasteiger partial charge in [0.1, 0.15) is 6.61 Å². The third-order valence-electron chi connectivity index (χ3n) is 3.41. The molecule has 0 saturated heterocycles. The van der Waals surface area contributed by atoms with Crippen LogP contribution in [0.1, 0.15) is 26.2 Å². The van der Waals surface area contributed by atoms with Crippen LogP contribution in [0.2, 0.25) is 0 Å². The Morgan fingerprint density at radius 3 is 2.89 bits per heavy atom. The SMILES string of the molecule is CCOC(=O)COCCNCC1CCCC1CO. The van der Waals surface area contributed by atoms with Gasteiger partial charge >= 0.3 is 5.97 Å². The van der Waals surface area contributed by atoms with Gasteiger partial charge in [-0.1, -0.05) is 6.42 Å². The second kappa shape index (κ2) is 9.30. The van der Waals surface area contributed by atoms with Crippen LogP contribution in [0.15, 0.2) is 0 Å². The molecule has 1 aliphatic carbocycles. The molecule has 0 heterocycles. The maximum absolute atomic E-state index is 11.0. The largest absolute Gasteiger partial charge is 0.464 e. The number of carbonyl (C=O) groups is 1. The first-order valence-electron chi connectivity index (χ1n) is 6.82. The Balaban J connectivity index is 1.94. The van der Waals surface area contributed by atoms with E-state index in [1.54, 1.807) is 6.92 Å². The lowest BCUT2D eigenvalue weighted by Gasteiger charge is -2.17. The van der Waals surface area contributed by atoms with Crippen molar-refractivity contribution < 1.29 is 19.4 Å². The first-order valence-corrected chi connectivity index (χ1v) is 6.82. The van der Waals surface area contributed by atoms with E-state index in [-0.39, 0.29) is 12.6 Å². The quantitative estimate of drug-likeness (QED) is 0.468. The summed E-state index contributed by atoms with van der Waals surface area (Å²) in [6, 6.07) is 0. The highest BCUT2D eigenvalue weighted by molar-refractivity contribution is 5.70. The van der Waals surface area contributed by atoms with Crippen molar-refractivity contribution in [3.8, 4) is 0 Å². The number of rotatable bonds is 9. The Labute approximate surface area is 109 Å². The highest BCUT2D eigenvalue weighted by atomic mass is 16.6. The Morgan fingerprint density at radius 1 is 1.39 bits per heavy atom. The van der Waals surface area contributed by atoms with Gasteiger partial charge in [0.25, 0.3) is 0 Å². The van der Waals surface area contributed by atoms with E-state index in [0.717, 1.165) is 19.5 Å². The van der Waals surface area contributed by atoms with Crippen molar-refractivity contribution >= 4 is 5.97 Å². The number of aliphatic hydroxyl groups excluding tert-OH is 1. The standard InChI is InChI=1S/C13H25NO4/c1-2-18-13(16)10-17-7-6-14-8-11-4-3-5-12(11)9-15/h11-12,14-15H,2-10H2,1H3. The van der Waals surface area contributed by atoms with Crippen molar-refractivity contribution in [2.24, 2.45) is 11.8 Å². The van der Waals surface area contributed by atoms with Crippen LogP contribution in [-0.2, 0) is 14.3 Å². The summed E-state index contributed by atoms with van der Waals surface area (Å²) in [7, 11) is 0. The lowest BCUT2D eigenvalue weighted by Crippen LogP contribution is -2.29. The Hall–Kier alpha value is -0.650. The first-order chi connectivity index (χ1) is 8.77. The lowest BCUT2D eigenvalue weighted by molar-refractivity contribution is -0.148. The fraction of sp³-hybridized carbons (Fsp3) is 0.923. The zero-order chi connectivity index (χ0) is 13.2. The summed E-state index contributed by atoms with van der Waals surface area (Å²) in [5.41, 5.74) is 0. The van der Waals surface area contributed by atoms with E-state index in [1.807, 2.05) is 0 Å². The summed E-state index contributed by atoms with van der Waals surface area (Å²) < 4.78 is 9.93. The highest BCUT2D eigenvalue weighted by Crippen LogP contribution is 2.30. The molecule has 1 fully saturated rings. The van der Waals surface area contributed by atoms with E-state index in [1.165, 1.54) is 12.8 Å². The number of hydrogen-bond acceptors (Lipinski definition) is 5. The van der Waals surface area contributed by atoms with E-state index >= 15 is 0 Å². The van der Waals surface area contributed by atoms with Gasteiger partial charge in [-0.25, -0.2) is 4.79 Å². The van der Waals surface area contributed by atoms with Crippen molar-refractivity contribution in [1.29, 1.82) is 0 Å². The van der Waals surface area contributed by atoms with Crippen molar-refractivity contribution in [1.82, 2.24) is 5.32 Å². The fourth-order valence-corrected chi connectivity index (χ4v) is 2.41. The maximum Gasteiger partial charge on any atom is 0.332 e. The molecule has 18 heavy (non-hydrogen) atoms. The predicted octanol–water partition coefficient (Wildman–Crippen LogP) is 0.564. The summed E-state index contributed by atoms with van der Waals surface area (Å²) in [6.45, 7) is 4.66. The zero-order valence-electron chi connectivity index (χ0n) is 11.2. The third-order valence-corrected chi connectivity index (χ3v) is 3.41. The summed E-state index contributed by atoms with van der Waals surface area (Å²) >= 11 is 0. The fourth-order valence-electron chi connectivity index (χ4n) is 2.41. The molecule has 5 heteroatoms. The van der Waals surface area contributed by atoms with Crippen molar-refractivity contribution in [2.45, 2.75) is 26.2 Å². The molecule has 1 aliphatic rings. The van der Waals surface area contributed by atoms with Crippen LogP contribution in [-0.4, -0.2) is 50.6 Å². The third kappa shape index (κ3) is 5.80. The Kier molecular flexibility index (Phi) is 7.96. The second-order valence-electron chi connectivity index (χ2n) is 4.70. The normalized spacial score (nSPS) is 23.2. The molecule has 0 aromatic rings. The van der Waals surface area contributed by atoms with Crippen LogP contribution in [0.3, 0.4) is 0 Å². The molecule has 106 valence electrons. The maximum atomic E-state index is 11.0. The van der Waals surface area contributed by atoms with Gasteiger partial charge in [0.05, 0.1) is 13.2 Å². The van der Waals surface area contributed by atoms with E-state index in [4.69, 9.17) is 9.47 Å². The van der Waals surface area contributed by atoms with Crippen molar-refractivity contribution in [2.75, 3.05) is 39.5 Å². The average Bonchev–Trinajstić information content (AvgIpc) is 2.81. The van der Waals surface area contributed by atoms with Crippen LogP contribution in [0.4, 0.5) is 0 Å². The Bertz CT molecular complexity index is 235. The minimum atomic E-state index is -0.311. The van der Waals surface area contributed by atoms with Gasteiger partial charge in [-0.15, -0.1) is 0 Å². The van der Waals surface area contributed by atoms with Crippen LogP contribution in [0.25, 0.3) is 0 Å².